The van der Waals surface area contributed by atoms with Gasteiger partial charge in [0.05, 0.1) is 13.5 Å². The lowest BCUT2D eigenvalue weighted by Crippen LogP contribution is -2.53. The molecule has 1 aromatic rings. The van der Waals surface area contributed by atoms with Crippen molar-refractivity contribution in [1.82, 2.24) is 15.2 Å². The summed E-state index contributed by atoms with van der Waals surface area (Å²) >= 11 is 1.66. The number of hydrogen-bond acceptors (Lipinski definition) is 6. The summed E-state index contributed by atoms with van der Waals surface area (Å²) in [6, 6.07) is 0. The highest BCUT2D eigenvalue weighted by Crippen LogP contribution is 2.26. The van der Waals surface area contributed by atoms with Crippen molar-refractivity contribution in [2.24, 2.45) is 0 Å². The van der Waals surface area contributed by atoms with Crippen LogP contribution in [0.4, 0.5) is 0 Å². The normalized spacial score (nSPS) is 18.9. The Morgan fingerprint density at radius 2 is 2.25 bits per heavy atom. The first-order valence-corrected chi connectivity index (χ1v) is 7.82. The van der Waals surface area contributed by atoms with Gasteiger partial charge in [0, 0.05) is 23.2 Å². The van der Waals surface area contributed by atoms with Gasteiger partial charge < -0.3 is 15.0 Å². The Hall–Kier alpha value is -0.980. The number of ether oxygens (including phenoxy) is 1. The average Bonchev–Trinajstić information content (AvgIpc) is 2.86. The molecule has 1 aliphatic heterocycles. The van der Waals surface area contributed by atoms with Gasteiger partial charge in [0.25, 0.3) is 0 Å². The van der Waals surface area contributed by atoms with Gasteiger partial charge in [-0.1, -0.05) is 0 Å². The fraction of sp³-hybridized carbons (Fsp3) is 0.714. The van der Waals surface area contributed by atoms with Gasteiger partial charge in [0.1, 0.15) is 5.01 Å². The number of esters is 1. The van der Waals surface area contributed by atoms with Crippen LogP contribution in [-0.2, 0) is 16.1 Å². The molecule has 0 atom stereocenters. The molecule has 0 bridgehead atoms. The molecule has 1 N–H and O–H groups in total. The highest BCUT2D eigenvalue weighted by molar-refractivity contribution is 7.09. The third-order valence-electron chi connectivity index (χ3n) is 3.94. The van der Waals surface area contributed by atoms with E-state index in [-0.39, 0.29) is 11.5 Å². The SMILES string of the molecule is COC(=O)CC1(NCc2nc(C)cs2)CCN(C)CC1. The topological polar surface area (TPSA) is 54.5 Å². The number of likely N-dealkylation sites (tertiary alicyclic amines) is 1. The van der Waals surface area contributed by atoms with Crippen molar-refractivity contribution in [2.45, 2.75) is 38.3 Å². The molecule has 1 saturated heterocycles. The molecule has 0 amide bonds. The van der Waals surface area contributed by atoms with Crippen LogP contribution in [-0.4, -0.2) is 48.6 Å². The van der Waals surface area contributed by atoms with Gasteiger partial charge in [0.2, 0.25) is 0 Å². The van der Waals surface area contributed by atoms with Crippen LogP contribution in [0.3, 0.4) is 0 Å². The molecule has 2 rings (SSSR count). The molecule has 1 aliphatic rings. The summed E-state index contributed by atoms with van der Waals surface area (Å²) in [5.74, 6) is -0.141. The van der Waals surface area contributed by atoms with E-state index in [9.17, 15) is 4.79 Å². The Kier molecular flexibility index (Phi) is 5.12. The van der Waals surface area contributed by atoms with Crippen LogP contribution in [0.5, 0.6) is 0 Å². The minimum Gasteiger partial charge on any atom is -0.469 e. The van der Waals surface area contributed by atoms with Crippen LogP contribution in [0.2, 0.25) is 0 Å². The van der Waals surface area contributed by atoms with Crippen LogP contribution in [0, 0.1) is 6.92 Å². The maximum Gasteiger partial charge on any atom is 0.307 e. The maximum atomic E-state index is 11.7. The van der Waals surface area contributed by atoms with Gasteiger partial charge in [0.15, 0.2) is 0 Å². The van der Waals surface area contributed by atoms with Crippen molar-refractivity contribution >= 4 is 17.3 Å². The van der Waals surface area contributed by atoms with Crippen LogP contribution >= 0.6 is 11.3 Å². The number of methoxy groups -OCH3 is 1. The van der Waals surface area contributed by atoms with Crippen LogP contribution in [0.1, 0.15) is 30.0 Å². The number of thiazole rings is 1. The fourth-order valence-electron chi connectivity index (χ4n) is 2.56. The number of carbonyl (C=O) groups excluding carboxylic acids is 1. The largest absolute Gasteiger partial charge is 0.469 e. The molecule has 0 spiro atoms. The molecule has 0 aliphatic carbocycles. The van der Waals surface area contributed by atoms with Gasteiger partial charge in [-0.3, -0.25) is 4.79 Å². The van der Waals surface area contributed by atoms with E-state index in [1.165, 1.54) is 7.11 Å². The summed E-state index contributed by atoms with van der Waals surface area (Å²) in [6.07, 6.45) is 2.35. The lowest BCUT2D eigenvalue weighted by atomic mass is 9.84. The molecule has 1 aromatic heterocycles. The maximum absolute atomic E-state index is 11.7. The molecule has 2 heterocycles. The molecular formula is C14H23N3O2S. The van der Waals surface area contributed by atoms with E-state index in [1.807, 2.05) is 6.92 Å². The summed E-state index contributed by atoms with van der Waals surface area (Å²) in [4.78, 5) is 18.5. The van der Waals surface area contributed by atoms with E-state index in [0.29, 0.717) is 6.42 Å². The summed E-state index contributed by atoms with van der Waals surface area (Å²) in [5.41, 5.74) is 0.899. The van der Waals surface area contributed by atoms with Crippen molar-refractivity contribution in [3.05, 3.63) is 16.1 Å². The van der Waals surface area contributed by atoms with E-state index in [4.69, 9.17) is 4.74 Å². The Morgan fingerprint density at radius 1 is 1.55 bits per heavy atom. The monoisotopic (exact) mass is 297 g/mol. The standard InChI is InChI=1S/C14H23N3O2S/c1-11-10-20-12(16-11)9-15-14(8-13(18)19-3)4-6-17(2)7-5-14/h10,15H,4-9H2,1-3H3. The number of nitrogens with zero attached hydrogens (tertiary/aromatic N) is 2. The third-order valence-corrected chi connectivity index (χ3v) is 4.90. The number of nitrogens with one attached hydrogen (secondary N) is 1. The van der Waals surface area contributed by atoms with E-state index in [1.54, 1.807) is 11.3 Å². The third kappa shape index (κ3) is 4.01. The average molecular weight is 297 g/mol. The first-order valence-electron chi connectivity index (χ1n) is 6.94. The smallest absolute Gasteiger partial charge is 0.307 e. The minimum absolute atomic E-state index is 0.141. The van der Waals surface area contributed by atoms with E-state index >= 15 is 0 Å². The van der Waals surface area contributed by atoms with Gasteiger partial charge >= 0.3 is 5.97 Å². The molecule has 0 saturated carbocycles. The second-order valence-corrected chi connectivity index (χ2v) is 6.52. The van der Waals surface area contributed by atoms with Crippen LogP contribution in [0.15, 0.2) is 5.38 Å². The quantitative estimate of drug-likeness (QED) is 0.836. The van der Waals surface area contributed by atoms with E-state index in [2.05, 4.69) is 27.6 Å². The van der Waals surface area contributed by atoms with E-state index in [0.717, 1.165) is 43.2 Å². The number of piperidine rings is 1. The Labute approximate surface area is 124 Å². The molecular weight excluding hydrogens is 274 g/mol. The van der Waals surface area contributed by atoms with Crippen molar-refractivity contribution in [2.75, 3.05) is 27.2 Å². The Bertz CT molecular complexity index is 453. The predicted octanol–water partition coefficient (Wildman–Crippen LogP) is 1.57. The summed E-state index contributed by atoms with van der Waals surface area (Å²) < 4.78 is 4.86. The first-order chi connectivity index (χ1) is 9.53. The number of rotatable bonds is 5. The molecule has 5 nitrogen and oxygen atoms in total. The summed E-state index contributed by atoms with van der Waals surface area (Å²) in [6.45, 7) is 4.72. The number of aromatic nitrogens is 1. The van der Waals surface area contributed by atoms with Crippen molar-refractivity contribution < 1.29 is 9.53 Å². The van der Waals surface area contributed by atoms with Crippen molar-refractivity contribution in [3.8, 4) is 0 Å². The zero-order chi connectivity index (χ0) is 14.6. The lowest BCUT2D eigenvalue weighted by molar-refractivity contribution is -0.143. The number of hydrogen-bond donors (Lipinski definition) is 1. The Balaban J connectivity index is 2.00. The summed E-state index contributed by atoms with van der Waals surface area (Å²) in [5, 5.41) is 6.70. The van der Waals surface area contributed by atoms with E-state index < -0.39 is 0 Å². The lowest BCUT2D eigenvalue weighted by Gasteiger charge is -2.40. The highest BCUT2D eigenvalue weighted by atomic mass is 32.1. The number of carbonyl (C=O) groups is 1. The molecule has 112 valence electrons. The molecule has 20 heavy (non-hydrogen) atoms. The molecule has 1 fully saturated rings. The first kappa shape index (κ1) is 15.4. The molecule has 6 heteroatoms. The Morgan fingerprint density at radius 3 is 2.80 bits per heavy atom. The molecule has 0 unspecified atom stereocenters. The molecule has 0 aromatic carbocycles. The second-order valence-electron chi connectivity index (χ2n) is 5.57. The minimum atomic E-state index is -0.154. The number of aryl methyl sites for hydroxylation is 1. The van der Waals surface area contributed by atoms with Crippen molar-refractivity contribution in [3.63, 3.8) is 0 Å². The highest BCUT2D eigenvalue weighted by Gasteiger charge is 2.35. The molecule has 0 radical (unpaired) electrons. The van der Waals surface area contributed by atoms with Gasteiger partial charge in [-0.05, 0) is 39.9 Å². The predicted molar refractivity (Wildman–Crippen MR) is 79.8 cm³/mol. The van der Waals surface area contributed by atoms with Crippen LogP contribution < -0.4 is 5.32 Å². The summed E-state index contributed by atoms with van der Waals surface area (Å²) in [7, 11) is 3.57. The van der Waals surface area contributed by atoms with Gasteiger partial charge in [-0.25, -0.2) is 4.98 Å². The second kappa shape index (κ2) is 6.65. The zero-order valence-electron chi connectivity index (χ0n) is 12.4. The van der Waals surface area contributed by atoms with Gasteiger partial charge in [-0.2, -0.15) is 0 Å². The van der Waals surface area contributed by atoms with Crippen LogP contribution in [0.25, 0.3) is 0 Å². The van der Waals surface area contributed by atoms with Crippen molar-refractivity contribution in [1.29, 1.82) is 0 Å². The zero-order valence-corrected chi connectivity index (χ0v) is 13.3. The fourth-order valence-corrected chi connectivity index (χ4v) is 3.27. The van der Waals surface area contributed by atoms with Gasteiger partial charge in [-0.15, -0.1) is 11.3 Å².